The third-order valence-electron chi connectivity index (χ3n) is 3.24. The Hall–Kier alpha value is -1.73. The maximum absolute atomic E-state index is 12.0. The van der Waals surface area contributed by atoms with Gasteiger partial charge in [0.1, 0.15) is 0 Å². The number of ether oxygens (including phenoxy) is 1. The summed E-state index contributed by atoms with van der Waals surface area (Å²) in [7, 11) is 0. The van der Waals surface area contributed by atoms with Gasteiger partial charge in [-0.2, -0.15) is 0 Å². The standard InChI is InChI=1S/C15H17ClN2O4S/c1-10(14(20)17-12-5-3-2-4-11(12)16)22-13(19)6-7-18-8-9-23-15(18)21/h2-5,10H,6-9H2,1H3,(H,17,20). The van der Waals surface area contributed by atoms with Crippen LogP contribution in [0.4, 0.5) is 10.5 Å². The van der Waals surface area contributed by atoms with Crippen LogP contribution >= 0.6 is 23.4 Å². The summed E-state index contributed by atoms with van der Waals surface area (Å²) in [6, 6.07) is 6.80. The molecule has 0 saturated carbocycles. The fourth-order valence-corrected chi connectivity index (χ4v) is 3.00. The van der Waals surface area contributed by atoms with Gasteiger partial charge >= 0.3 is 5.97 Å². The lowest BCUT2D eigenvalue weighted by atomic mass is 10.3. The van der Waals surface area contributed by atoms with E-state index in [4.69, 9.17) is 16.3 Å². The van der Waals surface area contributed by atoms with Crippen molar-refractivity contribution in [2.75, 3.05) is 24.2 Å². The van der Waals surface area contributed by atoms with Crippen LogP contribution in [0, 0.1) is 0 Å². The Bertz CT molecular complexity index is 611. The maximum atomic E-state index is 12.0. The highest BCUT2D eigenvalue weighted by Crippen LogP contribution is 2.21. The summed E-state index contributed by atoms with van der Waals surface area (Å²) in [5.41, 5.74) is 0.460. The second-order valence-electron chi connectivity index (χ2n) is 4.95. The zero-order chi connectivity index (χ0) is 16.8. The van der Waals surface area contributed by atoms with E-state index in [1.807, 2.05) is 0 Å². The molecule has 1 heterocycles. The Morgan fingerprint density at radius 1 is 1.43 bits per heavy atom. The quantitative estimate of drug-likeness (QED) is 0.793. The van der Waals surface area contributed by atoms with Crippen LogP contribution in [0.5, 0.6) is 0 Å². The second-order valence-corrected chi connectivity index (χ2v) is 6.41. The fourth-order valence-electron chi connectivity index (χ4n) is 1.96. The Labute approximate surface area is 143 Å². The van der Waals surface area contributed by atoms with E-state index in [1.165, 1.54) is 18.7 Å². The first-order valence-corrected chi connectivity index (χ1v) is 8.50. The van der Waals surface area contributed by atoms with Crippen molar-refractivity contribution in [3.63, 3.8) is 0 Å². The molecule has 1 saturated heterocycles. The molecule has 0 spiro atoms. The van der Waals surface area contributed by atoms with Crippen LogP contribution in [0.2, 0.25) is 5.02 Å². The molecule has 23 heavy (non-hydrogen) atoms. The van der Waals surface area contributed by atoms with E-state index < -0.39 is 18.0 Å². The number of para-hydroxylation sites is 1. The minimum absolute atomic E-state index is 0.0256. The first-order chi connectivity index (χ1) is 11.0. The molecule has 6 nitrogen and oxygen atoms in total. The molecule has 1 atom stereocenters. The molecule has 0 aliphatic carbocycles. The monoisotopic (exact) mass is 356 g/mol. The molecular formula is C15H17ClN2O4S. The van der Waals surface area contributed by atoms with Crippen LogP contribution in [0.25, 0.3) is 0 Å². The number of carbonyl (C=O) groups is 3. The molecule has 1 aliphatic rings. The molecule has 1 fully saturated rings. The van der Waals surface area contributed by atoms with Gasteiger partial charge in [0, 0.05) is 18.8 Å². The highest BCUT2D eigenvalue weighted by atomic mass is 35.5. The van der Waals surface area contributed by atoms with Gasteiger partial charge in [-0.3, -0.25) is 14.4 Å². The van der Waals surface area contributed by atoms with E-state index in [-0.39, 0.29) is 11.7 Å². The van der Waals surface area contributed by atoms with E-state index >= 15 is 0 Å². The van der Waals surface area contributed by atoms with Crippen LogP contribution in [0.1, 0.15) is 13.3 Å². The number of nitrogens with one attached hydrogen (secondary N) is 1. The predicted molar refractivity (Wildman–Crippen MR) is 89.7 cm³/mol. The average Bonchev–Trinajstić information content (AvgIpc) is 2.92. The van der Waals surface area contributed by atoms with Crippen molar-refractivity contribution in [3.8, 4) is 0 Å². The molecule has 0 radical (unpaired) electrons. The summed E-state index contributed by atoms with van der Waals surface area (Å²) in [4.78, 5) is 36.8. The number of rotatable bonds is 6. The summed E-state index contributed by atoms with van der Waals surface area (Å²) in [6.07, 6.45) is -0.877. The lowest BCUT2D eigenvalue weighted by Gasteiger charge is -2.16. The Morgan fingerprint density at radius 2 is 2.17 bits per heavy atom. The maximum Gasteiger partial charge on any atom is 0.308 e. The number of hydrogen-bond donors (Lipinski definition) is 1. The highest BCUT2D eigenvalue weighted by Gasteiger charge is 2.23. The van der Waals surface area contributed by atoms with Gasteiger partial charge in [0.25, 0.3) is 11.1 Å². The molecule has 0 aromatic heterocycles. The first kappa shape index (κ1) is 17.6. The molecule has 124 valence electrons. The molecule has 1 N–H and O–H groups in total. The van der Waals surface area contributed by atoms with Crippen molar-refractivity contribution in [1.29, 1.82) is 0 Å². The molecule has 2 amide bonds. The van der Waals surface area contributed by atoms with Gasteiger partial charge in [0.05, 0.1) is 17.1 Å². The van der Waals surface area contributed by atoms with Crippen molar-refractivity contribution >= 4 is 46.2 Å². The second kappa shape index (κ2) is 8.21. The minimum atomic E-state index is -0.942. The first-order valence-electron chi connectivity index (χ1n) is 7.14. The van der Waals surface area contributed by atoms with Crippen molar-refractivity contribution in [1.82, 2.24) is 4.90 Å². The van der Waals surface area contributed by atoms with Crippen molar-refractivity contribution < 1.29 is 19.1 Å². The lowest BCUT2D eigenvalue weighted by molar-refractivity contribution is -0.153. The lowest BCUT2D eigenvalue weighted by Crippen LogP contribution is -2.32. The minimum Gasteiger partial charge on any atom is -0.452 e. The van der Waals surface area contributed by atoms with Gasteiger partial charge in [0.2, 0.25) is 0 Å². The van der Waals surface area contributed by atoms with Crippen LogP contribution in [0.3, 0.4) is 0 Å². The number of nitrogens with zero attached hydrogens (tertiary/aromatic N) is 1. The number of thioether (sulfide) groups is 1. The fraction of sp³-hybridized carbons (Fsp3) is 0.400. The largest absolute Gasteiger partial charge is 0.452 e. The number of esters is 1. The summed E-state index contributed by atoms with van der Waals surface area (Å²) in [5.74, 6) is -0.236. The normalized spacial score (nSPS) is 15.4. The van der Waals surface area contributed by atoms with E-state index in [9.17, 15) is 14.4 Å². The number of benzene rings is 1. The Kier molecular flexibility index (Phi) is 6.29. The zero-order valence-electron chi connectivity index (χ0n) is 12.6. The van der Waals surface area contributed by atoms with Crippen LogP contribution in [-0.2, 0) is 14.3 Å². The molecule has 1 aromatic rings. The predicted octanol–water partition coefficient (Wildman–Crippen LogP) is 2.77. The average molecular weight is 357 g/mol. The summed E-state index contributed by atoms with van der Waals surface area (Å²) >= 11 is 7.19. The third kappa shape index (κ3) is 5.14. The topological polar surface area (TPSA) is 75.7 Å². The SMILES string of the molecule is CC(OC(=O)CCN1CCSC1=O)C(=O)Nc1ccccc1Cl. The van der Waals surface area contributed by atoms with Crippen molar-refractivity contribution in [2.45, 2.75) is 19.4 Å². The van der Waals surface area contributed by atoms with Gasteiger partial charge in [-0.1, -0.05) is 35.5 Å². The smallest absolute Gasteiger partial charge is 0.308 e. The molecule has 8 heteroatoms. The molecule has 2 rings (SSSR count). The van der Waals surface area contributed by atoms with Gasteiger partial charge in [-0.15, -0.1) is 0 Å². The van der Waals surface area contributed by atoms with Crippen LogP contribution in [0.15, 0.2) is 24.3 Å². The van der Waals surface area contributed by atoms with E-state index in [2.05, 4.69) is 5.32 Å². The number of anilines is 1. The Morgan fingerprint density at radius 3 is 2.83 bits per heavy atom. The van der Waals surface area contributed by atoms with Crippen molar-refractivity contribution in [2.24, 2.45) is 0 Å². The highest BCUT2D eigenvalue weighted by molar-refractivity contribution is 8.13. The summed E-state index contributed by atoms with van der Waals surface area (Å²) in [5, 5.41) is 2.98. The summed E-state index contributed by atoms with van der Waals surface area (Å²) in [6.45, 7) is 2.43. The van der Waals surface area contributed by atoms with Crippen LogP contribution in [-0.4, -0.2) is 47.0 Å². The number of amides is 2. The molecule has 1 unspecified atom stereocenters. The number of halogens is 1. The summed E-state index contributed by atoms with van der Waals surface area (Å²) < 4.78 is 5.08. The Balaban J connectivity index is 1.77. The number of carbonyl (C=O) groups excluding carboxylic acids is 3. The van der Waals surface area contributed by atoms with Crippen LogP contribution < -0.4 is 5.32 Å². The van der Waals surface area contributed by atoms with Gasteiger partial charge < -0.3 is 15.0 Å². The van der Waals surface area contributed by atoms with Gasteiger partial charge in [0.15, 0.2) is 6.10 Å². The van der Waals surface area contributed by atoms with E-state index in [0.29, 0.717) is 23.8 Å². The van der Waals surface area contributed by atoms with E-state index in [0.717, 1.165) is 5.75 Å². The zero-order valence-corrected chi connectivity index (χ0v) is 14.2. The number of hydrogen-bond acceptors (Lipinski definition) is 5. The van der Waals surface area contributed by atoms with Crippen molar-refractivity contribution in [3.05, 3.63) is 29.3 Å². The third-order valence-corrected chi connectivity index (χ3v) is 4.46. The van der Waals surface area contributed by atoms with E-state index in [1.54, 1.807) is 29.2 Å². The molecule has 1 aromatic carbocycles. The molecule has 1 aliphatic heterocycles. The van der Waals surface area contributed by atoms with Gasteiger partial charge in [-0.25, -0.2) is 0 Å². The van der Waals surface area contributed by atoms with Gasteiger partial charge in [-0.05, 0) is 19.1 Å². The molecular weight excluding hydrogens is 340 g/mol. The molecule has 0 bridgehead atoms.